The van der Waals surface area contributed by atoms with Crippen LogP contribution in [0.2, 0.25) is 0 Å². The van der Waals surface area contributed by atoms with Crippen LogP contribution in [0.4, 0.5) is 5.00 Å². The number of hydrogen-bond acceptors (Lipinski definition) is 8. The fourth-order valence-electron chi connectivity index (χ4n) is 2.12. The van der Waals surface area contributed by atoms with E-state index in [0.717, 1.165) is 18.3 Å². The van der Waals surface area contributed by atoms with E-state index in [1.807, 2.05) is 0 Å². The minimum Gasteiger partial charge on any atom is -0.465 e. The first kappa shape index (κ1) is 18.8. The fraction of sp³-hybridized carbons (Fsp3) is 0.500. The number of hydrogen-bond donors (Lipinski definition) is 0. The van der Waals surface area contributed by atoms with E-state index in [2.05, 4.69) is 0 Å². The molecule has 0 amide bonds. The summed E-state index contributed by atoms with van der Waals surface area (Å²) in [5.74, 6) is -3.90. The number of nitrogens with zero attached hydrogens (tertiary/aromatic N) is 1. The fourth-order valence-corrected chi connectivity index (χ4v) is 3.11. The predicted molar refractivity (Wildman–Crippen MR) is 81.7 cm³/mol. The average Bonchev–Trinajstić information content (AvgIpc) is 2.76. The normalized spacial score (nSPS) is 11.7. The highest BCUT2D eigenvalue weighted by atomic mass is 32.1. The van der Waals surface area contributed by atoms with Gasteiger partial charge in [-0.05, 0) is 27.7 Å². The molecule has 1 aromatic rings. The molecule has 0 aliphatic heterocycles. The van der Waals surface area contributed by atoms with Gasteiger partial charge >= 0.3 is 16.9 Å². The molecule has 0 fully saturated rings. The molecule has 1 rings (SSSR count). The second-order valence-corrected chi connectivity index (χ2v) is 5.73. The van der Waals surface area contributed by atoms with Gasteiger partial charge in [0.2, 0.25) is 0 Å². The first-order valence-corrected chi connectivity index (χ1v) is 7.69. The number of carbonyl (C=O) groups excluding carboxylic acids is 3. The van der Waals surface area contributed by atoms with Crippen molar-refractivity contribution < 1.29 is 28.8 Å². The smallest absolute Gasteiger partial charge is 0.339 e. The van der Waals surface area contributed by atoms with E-state index in [-0.39, 0.29) is 24.3 Å². The van der Waals surface area contributed by atoms with Crippen LogP contribution >= 0.6 is 11.3 Å². The SMILES string of the molecule is CCOC(=O)c1c(C)sc([N+](=O)[O-])c1C(C(C)=O)C(=O)OCC. The third-order valence-electron chi connectivity index (χ3n) is 2.96. The van der Waals surface area contributed by atoms with Crippen LogP contribution in [0, 0.1) is 17.0 Å². The highest BCUT2D eigenvalue weighted by molar-refractivity contribution is 7.15. The number of aryl methyl sites for hydroxylation is 1. The number of carbonyl (C=O) groups is 3. The Bertz CT molecular complexity index is 650. The third-order valence-corrected chi connectivity index (χ3v) is 4.04. The molecule has 0 spiro atoms. The van der Waals surface area contributed by atoms with Crippen molar-refractivity contribution in [3.63, 3.8) is 0 Å². The van der Waals surface area contributed by atoms with Gasteiger partial charge in [0.05, 0.1) is 29.3 Å². The van der Waals surface area contributed by atoms with Crippen molar-refractivity contribution in [2.45, 2.75) is 33.6 Å². The second-order valence-electron chi connectivity index (χ2n) is 4.53. The van der Waals surface area contributed by atoms with E-state index in [0.29, 0.717) is 4.88 Å². The summed E-state index contributed by atoms with van der Waals surface area (Å²) < 4.78 is 9.72. The molecule has 1 unspecified atom stereocenters. The summed E-state index contributed by atoms with van der Waals surface area (Å²) in [6, 6.07) is 0. The summed E-state index contributed by atoms with van der Waals surface area (Å²) in [5.41, 5.74) is -0.362. The molecule has 0 saturated heterocycles. The van der Waals surface area contributed by atoms with Gasteiger partial charge in [-0.25, -0.2) is 4.79 Å². The number of nitro groups is 1. The first-order valence-electron chi connectivity index (χ1n) is 6.88. The zero-order valence-electron chi connectivity index (χ0n) is 13.2. The standard InChI is InChI=1S/C14H17NO7S/c1-5-21-13(17)9(7(3)16)11-10(14(18)22-6-2)8(4)23-12(11)15(19)20/h9H,5-6H2,1-4H3. The van der Waals surface area contributed by atoms with Gasteiger partial charge in [0.1, 0.15) is 11.7 Å². The van der Waals surface area contributed by atoms with E-state index < -0.39 is 33.6 Å². The average molecular weight is 343 g/mol. The summed E-state index contributed by atoms with van der Waals surface area (Å²) in [6.07, 6.45) is 0. The predicted octanol–water partition coefficient (Wildman–Crippen LogP) is 2.38. The van der Waals surface area contributed by atoms with Crippen LogP contribution in [-0.2, 0) is 19.1 Å². The molecule has 8 nitrogen and oxygen atoms in total. The van der Waals surface area contributed by atoms with Crippen molar-refractivity contribution in [2.24, 2.45) is 0 Å². The molecule has 0 saturated carbocycles. The summed E-state index contributed by atoms with van der Waals surface area (Å²) in [6.45, 7) is 5.82. The van der Waals surface area contributed by atoms with Gasteiger partial charge in [0, 0.05) is 4.88 Å². The van der Waals surface area contributed by atoms with Gasteiger partial charge in [-0.2, -0.15) is 0 Å². The summed E-state index contributed by atoms with van der Waals surface area (Å²) in [4.78, 5) is 47.0. The first-order chi connectivity index (χ1) is 10.8. The topological polar surface area (TPSA) is 113 Å². The van der Waals surface area contributed by atoms with Crippen LogP contribution in [0.25, 0.3) is 0 Å². The number of esters is 2. The Labute approximate surface area is 136 Å². The number of ether oxygens (including phenoxy) is 2. The monoisotopic (exact) mass is 343 g/mol. The maximum Gasteiger partial charge on any atom is 0.339 e. The van der Waals surface area contributed by atoms with Crippen LogP contribution in [0.15, 0.2) is 0 Å². The maximum absolute atomic E-state index is 12.1. The molecule has 0 aliphatic rings. The van der Waals surface area contributed by atoms with Crippen molar-refractivity contribution >= 4 is 34.1 Å². The minimum atomic E-state index is -1.53. The van der Waals surface area contributed by atoms with Crippen molar-refractivity contribution in [3.8, 4) is 0 Å². The molecule has 126 valence electrons. The quantitative estimate of drug-likeness (QED) is 0.323. The van der Waals surface area contributed by atoms with E-state index in [4.69, 9.17) is 9.47 Å². The maximum atomic E-state index is 12.1. The lowest BCUT2D eigenvalue weighted by atomic mass is 9.92. The molecule has 1 atom stereocenters. The molecule has 0 aliphatic carbocycles. The van der Waals surface area contributed by atoms with E-state index in [1.54, 1.807) is 13.8 Å². The molecule has 0 radical (unpaired) electrons. The number of Topliss-reactive ketones (excluding diaryl/α,β-unsaturated/α-hetero) is 1. The number of rotatable bonds is 7. The summed E-state index contributed by atoms with van der Waals surface area (Å²) in [7, 11) is 0. The van der Waals surface area contributed by atoms with Crippen molar-refractivity contribution in [2.75, 3.05) is 13.2 Å². The largest absolute Gasteiger partial charge is 0.465 e. The van der Waals surface area contributed by atoms with Gasteiger partial charge < -0.3 is 9.47 Å². The van der Waals surface area contributed by atoms with Gasteiger partial charge in [0.15, 0.2) is 0 Å². The van der Waals surface area contributed by atoms with E-state index >= 15 is 0 Å². The molecule has 9 heteroatoms. The molecular weight excluding hydrogens is 326 g/mol. The molecule has 0 bridgehead atoms. The van der Waals surface area contributed by atoms with Crippen molar-refractivity contribution in [1.29, 1.82) is 0 Å². The Hall–Kier alpha value is -2.29. The molecule has 0 aromatic carbocycles. The van der Waals surface area contributed by atoms with Crippen LogP contribution in [0.5, 0.6) is 0 Å². The number of thiophene rings is 1. The lowest BCUT2D eigenvalue weighted by molar-refractivity contribution is -0.380. The second kappa shape index (κ2) is 7.82. The molecular formula is C14H17NO7S. The lowest BCUT2D eigenvalue weighted by Crippen LogP contribution is -2.25. The van der Waals surface area contributed by atoms with E-state index in [1.165, 1.54) is 6.92 Å². The summed E-state index contributed by atoms with van der Waals surface area (Å²) >= 11 is 0.725. The Morgan fingerprint density at radius 3 is 2.22 bits per heavy atom. The molecule has 1 aromatic heterocycles. The van der Waals surface area contributed by atoms with Crippen LogP contribution in [-0.4, -0.2) is 35.9 Å². The Morgan fingerprint density at radius 1 is 1.22 bits per heavy atom. The lowest BCUT2D eigenvalue weighted by Gasteiger charge is -2.13. The van der Waals surface area contributed by atoms with Crippen LogP contribution in [0.3, 0.4) is 0 Å². The van der Waals surface area contributed by atoms with Gasteiger partial charge in [-0.15, -0.1) is 0 Å². The van der Waals surface area contributed by atoms with Gasteiger partial charge in [-0.1, -0.05) is 11.3 Å². The zero-order valence-corrected chi connectivity index (χ0v) is 14.0. The highest BCUT2D eigenvalue weighted by Crippen LogP contribution is 2.40. The van der Waals surface area contributed by atoms with Crippen LogP contribution in [0.1, 0.15) is 47.5 Å². The van der Waals surface area contributed by atoms with Gasteiger partial charge in [0.25, 0.3) is 0 Å². The van der Waals surface area contributed by atoms with Gasteiger partial charge in [-0.3, -0.25) is 19.7 Å². The Kier molecular flexibility index (Phi) is 6.38. The molecule has 0 N–H and O–H groups in total. The molecule has 23 heavy (non-hydrogen) atoms. The molecule has 1 heterocycles. The van der Waals surface area contributed by atoms with Crippen LogP contribution < -0.4 is 0 Å². The Morgan fingerprint density at radius 2 is 1.78 bits per heavy atom. The zero-order chi connectivity index (χ0) is 17.7. The summed E-state index contributed by atoms with van der Waals surface area (Å²) in [5, 5.41) is 10.8. The Balaban J connectivity index is 3.62. The number of ketones is 1. The van der Waals surface area contributed by atoms with Crippen molar-refractivity contribution in [3.05, 3.63) is 26.1 Å². The van der Waals surface area contributed by atoms with Crippen molar-refractivity contribution in [1.82, 2.24) is 0 Å². The third kappa shape index (κ3) is 3.92. The minimum absolute atomic E-state index is 0.00820. The van der Waals surface area contributed by atoms with E-state index in [9.17, 15) is 24.5 Å². The highest BCUT2D eigenvalue weighted by Gasteiger charge is 2.40.